The highest BCUT2D eigenvalue weighted by atomic mass is 16.2. The number of hydrogen-bond acceptors (Lipinski definition) is 2. The molecular weight excluding hydrogens is 188 g/mol. The summed E-state index contributed by atoms with van der Waals surface area (Å²) in [5.74, 6) is 0.570. The Morgan fingerprint density at radius 1 is 1.27 bits per heavy atom. The zero-order valence-corrected chi connectivity index (χ0v) is 10.8. The van der Waals surface area contributed by atoms with Crippen LogP contribution < -0.4 is 5.73 Å². The maximum atomic E-state index is 12.0. The standard InChI is InChI=1S/C12H26N2O/c1-6-10(5)14(7-2)12(15)11(13)8-9(3)4/h9-11H,6-8,13H2,1-5H3/t10?,11-/m0/s1. The first-order valence-electron chi connectivity index (χ1n) is 6.00. The summed E-state index contributed by atoms with van der Waals surface area (Å²) >= 11 is 0. The summed E-state index contributed by atoms with van der Waals surface area (Å²) in [6.45, 7) is 11.1. The Kier molecular flexibility index (Phi) is 6.57. The molecule has 3 nitrogen and oxygen atoms in total. The van der Waals surface area contributed by atoms with Crippen molar-refractivity contribution in [1.29, 1.82) is 0 Å². The second-order valence-electron chi connectivity index (χ2n) is 4.62. The molecule has 0 aliphatic heterocycles. The quantitative estimate of drug-likeness (QED) is 0.735. The van der Waals surface area contributed by atoms with Crippen LogP contribution in [0.15, 0.2) is 0 Å². The fourth-order valence-electron chi connectivity index (χ4n) is 1.73. The van der Waals surface area contributed by atoms with E-state index in [1.54, 1.807) is 0 Å². The van der Waals surface area contributed by atoms with Crippen molar-refractivity contribution in [1.82, 2.24) is 4.90 Å². The van der Waals surface area contributed by atoms with Crippen molar-refractivity contribution in [3.63, 3.8) is 0 Å². The van der Waals surface area contributed by atoms with Crippen LogP contribution in [0.2, 0.25) is 0 Å². The van der Waals surface area contributed by atoms with Gasteiger partial charge in [-0.1, -0.05) is 20.8 Å². The molecular formula is C12H26N2O. The summed E-state index contributed by atoms with van der Waals surface area (Å²) in [5.41, 5.74) is 5.90. The largest absolute Gasteiger partial charge is 0.339 e. The Morgan fingerprint density at radius 2 is 1.80 bits per heavy atom. The molecule has 0 aromatic carbocycles. The molecule has 1 unspecified atom stereocenters. The summed E-state index contributed by atoms with van der Waals surface area (Å²) in [4.78, 5) is 13.9. The van der Waals surface area contributed by atoms with E-state index >= 15 is 0 Å². The average molecular weight is 214 g/mol. The lowest BCUT2D eigenvalue weighted by molar-refractivity contribution is -0.134. The van der Waals surface area contributed by atoms with Crippen molar-refractivity contribution in [2.24, 2.45) is 11.7 Å². The van der Waals surface area contributed by atoms with Crippen molar-refractivity contribution < 1.29 is 4.79 Å². The fraction of sp³-hybridized carbons (Fsp3) is 0.917. The van der Waals surface area contributed by atoms with Gasteiger partial charge >= 0.3 is 0 Å². The van der Waals surface area contributed by atoms with Crippen molar-refractivity contribution in [3.05, 3.63) is 0 Å². The molecule has 15 heavy (non-hydrogen) atoms. The average Bonchev–Trinajstić information content (AvgIpc) is 2.17. The monoisotopic (exact) mass is 214 g/mol. The van der Waals surface area contributed by atoms with Gasteiger partial charge in [-0.3, -0.25) is 4.79 Å². The van der Waals surface area contributed by atoms with Crippen molar-refractivity contribution in [2.75, 3.05) is 6.54 Å². The number of carbonyl (C=O) groups is 1. The van der Waals surface area contributed by atoms with Crippen molar-refractivity contribution in [3.8, 4) is 0 Å². The Labute approximate surface area is 94.0 Å². The zero-order chi connectivity index (χ0) is 12.0. The molecule has 0 aromatic heterocycles. The summed E-state index contributed by atoms with van der Waals surface area (Å²) < 4.78 is 0. The lowest BCUT2D eigenvalue weighted by Gasteiger charge is -2.30. The van der Waals surface area contributed by atoms with Gasteiger partial charge in [-0.05, 0) is 32.6 Å². The minimum atomic E-state index is -0.334. The number of nitrogens with zero attached hydrogens (tertiary/aromatic N) is 1. The lowest BCUT2D eigenvalue weighted by atomic mass is 10.0. The molecule has 2 atom stereocenters. The topological polar surface area (TPSA) is 46.3 Å². The van der Waals surface area contributed by atoms with Gasteiger partial charge in [0.15, 0.2) is 0 Å². The molecule has 0 heterocycles. The normalized spacial score (nSPS) is 15.1. The SMILES string of the molecule is CCC(C)N(CC)C(=O)[C@@H](N)CC(C)C. The van der Waals surface area contributed by atoms with Crippen molar-refractivity contribution in [2.45, 2.75) is 59.5 Å². The van der Waals surface area contributed by atoms with Crippen LogP contribution in [0.4, 0.5) is 0 Å². The number of likely N-dealkylation sites (N-methyl/N-ethyl adjacent to an activating group) is 1. The molecule has 0 fully saturated rings. The van der Waals surface area contributed by atoms with E-state index in [-0.39, 0.29) is 11.9 Å². The first-order valence-corrected chi connectivity index (χ1v) is 6.00. The summed E-state index contributed by atoms with van der Waals surface area (Å²) in [7, 11) is 0. The number of hydrogen-bond donors (Lipinski definition) is 1. The summed E-state index contributed by atoms with van der Waals surface area (Å²) in [5, 5.41) is 0. The highest BCUT2D eigenvalue weighted by Crippen LogP contribution is 2.09. The molecule has 0 aliphatic rings. The van der Waals surface area contributed by atoms with Gasteiger partial charge in [0, 0.05) is 12.6 Å². The van der Waals surface area contributed by atoms with E-state index in [2.05, 4.69) is 27.7 Å². The third-order valence-electron chi connectivity index (χ3n) is 2.79. The molecule has 0 spiro atoms. The maximum Gasteiger partial charge on any atom is 0.239 e. The van der Waals surface area contributed by atoms with Crippen LogP contribution in [0.5, 0.6) is 0 Å². The Balaban J connectivity index is 4.37. The van der Waals surface area contributed by atoms with Crippen LogP contribution in [0.3, 0.4) is 0 Å². The van der Waals surface area contributed by atoms with Gasteiger partial charge in [-0.25, -0.2) is 0 Å². The second kappa shape index (κ2) is 6.83. The van der Waals surface area contributed by atoms with Gasteiger partial charge in [-0.15, -0.1) is 0 Å². The minimum Gasteiger partial charge on any atom is -0.339 e. The van der Waals surface area contributed by atoms with Gasteiger partial charge in [0.1, 0.15) is 0 Å². The number of carbonyl (C=O) groups excluding carboxylic acids is 1. The van der Waals surface area contributed by atoms with Gasteiger partial charge in [0.05, 0.1) is 6.04 Å². The number of nitrogens with two attached hydrogens (primary N) is 1. The molecule has 0 saturated heterocycles. The van der Waals surface area contributed by atoms with E-state index in [9.17, 15) is 4.79 Å². The van der Waals surface area contributed by atoms with Crippen molar-refractivity contribution >= 4 is 5.91 Å². The summed E-state index contributed by atoms with van der Waals surface area (Å²) in [6, 6.07) is -0.0420. The number of amides is 1. The zero-order valence-electron chi connectivity index (χ0n) is 10.8. The van der Waals surface area contributed by atoms with Gasteiger partial charge in [-0.2, -0.15) is 0 Å². The van der Waals surface area contributed by atoms with Gasteiger partial charge in [0.2, 0.25) is 5.91 Å². The van der Waals surface area contributed by atoms with Gasteiger partial charge < -0.3 is 10.6 Å². The maximum absolute atomic E-state index is 12.0. The van der Waals surface area contributed by atoms with Crippen LogP contribution in [0.1, 0.15) is 47.5 Å². The summed E-state index contributed by atoms with van der Waals surface area (Å²) in [6.07, 6.45) is 1.75. The number of rotatable bonds is 6. The Bertz CT molecular complexity index is 192. The molecule has 0 radical (unpaired) electrons. The van der Waals surface area contributed by atoms with Crippen LogP contribution in [0.25, 0.3) is 0 Å². The molecule has 0 saturated carbocycles. The first kappa shape index (κ1) is 14.4. The third-order valence-corrected chi connectivity index (χ3v) is 2.79. The van der Waals surface area contributed by atoms with E-state index < -0.39 is 0 Å². The molecule has 1 amide bonds. The van der Waals surface area contributed by atoms with Crippen LogP contribution in [-0.2, 0) is 4.79 Å². The Morgan fingerprint density at radius 3 is 2.13 bits per heavy atom. The highest BCUT2D eigenvalue weighted by molar-refractivity contribution is 5.81. The van der Waals surface area contributed by atoms with E-state index in [1.165, 1.54) is 0 Å². The molecule has 0 aromatic rings. The predicted octanol–water partition coefficient (Wildman–Crippen LogP) is 2.01. The molecule has 0 rings (SSSR count). The molecule has 90 valence electrons. The van der Waals surface area contributed by atoms with E-state index in [0.717, 1.165) is 19.4 Å². The smallest absolute Gasteiger partial charge is 0.239 e. The lowest BCUT2D eigenvalue weighted by Crippen LogP contribution is -2.48. The Hall–Kier alpha value is -0.570. The highest BCUT2D eigenvalue weighted by Gasteiger charge is 2.23. The van der Waals surface area contributed by atoms with Crippen LogP contribution in [-0.4, -0.2) is 29.4 Å². The fourth-order valence-corrected chi connectivity index (χ4v) is 1.73. The second-order valence-corrected chi connectivity index (χ2v) is 4.62. The molecule has 2 N–H and O–H groups in total. The van der Waals surface area contributed by atoms with E-state index in [1.807, 2.05) is 11.8 Å². The molecule has 0 bridgehead atoms. The minimum absolute atomic E-state index is 0.0977. The predicted molar refractivity (Wildman–Crippen MR) is 64.6 cm³/mol. The molecule has 3 heteroatoms. The van der Waals surface area contributed by atoms with Gasteiger partial charge in [0.25, 0.3) is 0 Å². The van der Waals surface area contributed by atoms with E-state index in [4.69, 9.17) is 5.73 Å². The third kappa shape index (κ3) is 4.65. The van der Waals surface area contributed by atoms with Crippen LogP contribution in [0, 0.1) is 5.92 Å². The van der Waals surface area contributed by atoms with Crippen LogP contribution >= 0.6 is 0 Å². The molecule has 0 aliphatic carbocycles. The first-order chi connectivity index (χ1) is 6.93. The van der Waals surface area contributed by atoms with E-state index in [0.29, 0.717) is 12.0 Å².